The summed E-state index contributed by atoms with van der Waals surface area (Å²) in [5, 5.41) is 0.624. The Balaban J connectivity index is 1.61. The Labute approximate surface area is 177 Å². The summed E-state index contributed by atoms with van der Waals surface area (Å²) in [6.07, 6.45) is 2.06. The van der Waals surface area contributed by atoms with Crippen molar-refractivity contribution < 1.29 is 13.2 Å². The van der Waals surface area contributed by atoms with E-state index in [1.165, 1.54) is 4.31 Å². The molecular weight excluding hydrogens is 408 g/mol. The molecule has 0 aliphatic carbocycles. The van der Waals surface area contributed by atoms with Crippen molar-refractivity contribution in [2.24, 2.45) is 5.41 Å². The third-order valence-corrected chi connectivity index (χ3v) is 8.10. The Morgan fingerprint density at radius 2 is 1.62 bits per heavy atom. The Kier molecular flexibility index (Phi) is 5.21. The van der Waals surface area contributed by atoms with E-state index >= 15 is 0 Å². The average molecular weight is 433 g/mol. The van der Waals surface area contributed by atoms with Crippen LogP contribution in [0.4, 0.5) is 5.69 Å². The van der Waals surface area contributed by atoms with E-state index in [0.29, 0.717) is 35.8 Å². The van der Waals surface area contributed by atoms with Crippen LogP contribution in [0, 0.1) is 19.3 Å². The highest BCUT2D eigenvalue weighted by atomic mass is 35.5. The minimum atomic E-state index is -3.64. The van der Waals surface area contributed by atoms with Gasteiger partial charge >= 0.3 is 0 Å². The molecule has 0 N–H and O–H groups in total. The zero-order valence-corrected chi connectivity index (χ0v) is 18.3. The van der Waals surface area contributed by atoms with Crippen molar-refractivity contribution >= 4 is 33.2 Å². The second-order valence-corrected chi connectivity index (χ2v) is 10.6. The topological polar surface area (TPSA) is 57.7 Å². The van der Waals surface area contributed by atoms with Gasteiger partial charge in [0.15, 0.2) is 0 Å². The number of halogens is 1. The Bertz CT molecular complexity index is 1030. The lowest BCUT2D eigenvalue weighted by Gasteiger charge is -2.38. The maximum Gasteiger partial charge on any atom is 0.243 e. The number of hydrogen-bond donors (Lipinski definition) is 0. The van der Waals surface area contributed by atoms with E-state index in [2.05, 4.69) is 0 Å². The van der Waals surface area contributed by atoms with E-state index < -0.39 is 15.4 Å². The number of hydrogen-bond acceptors (Lipinski definition) is 3. The van der Waals surface area contributed by atoms with Gasteiger partial charge in [0.05, 0.1) is 10.3 Å². The first-order valence-electron chi connectivity index (χ1n) is 9.87. The standard InChI is InChI=1S/C22H25ClN2O3S/c1-16-12-17(2)14-20(13-16)29(27,28)24-10-3-8-22(15-24)9-11-25(21(22)26)19-6-4-18(23)5-7-19/h4-7,12-14H,3,8-11,15H2,1-2H3. The highest BCUT2D eigenvalue weighted by molar-refractivity contribution is 7.89. The molecule has 5 nitrogen and oxygen atoms in total. The molecule has 2 aromatic carbocycles. The summed E-state index contributed by atoms with van der Waals surface area (Å²) >= 11 is 5.97. The Hall–Kier alpha value is -1.89. The molecule has 2 heterocycles. The van der Waals surface area contributed by atoms with Crippen LogP contribution in [0.5, 0.6) is 0 Å². The van der Waals surface area contributed by atoms with Crippen LogP contribution in [-0.4, -0.2) is 38.3 Å². The molecule has 0 aromatic heterocycles. The van der Waals surface area contributed by atoms with E-state index in [1.54, 1.807) is 29.2 Å². The van der Waals surface area contributed by atoms with Crippen molar-refractivity contribution in [2.45, 2.75) is 38.0 Å². The zero-order valence-electron chi connectivity index (χ0n) is 16.7. The predicted octanol–water partition coefficient (Wildman–Crippen LogP) is 4.16. The number of anilines is 1. The maximum atomic E-state index is 13.4. The van der Waals surface area contributed by atoms with Crippen molar-refractivity contribution in [3.05, 3.63) is 58.6 Å². The van der Waals surface area contributed by atoms with Gasteiger partial charge < -0.3 is 4.90 Å². The first kappa shape index (κ1) is 20.4. The highest BCUT2D eigenvalue weighted by Crippen LogP contribution is 2.43. The van der Waals surface area contributed by atoms with Crippen LogP contribution < -0.4 is 4.90 Å². The molecular formula is C22H25ClN2O3S. The number of aryl methyl sites for hydroxylation is 2. The lowest BCUT2D eigenvalue weighted by Crippen LogP contribution is -2.49. The summed E-state index contributed by atoms with van der Waals surface area (Å²) in [6, 6.07) is 12.6. The number of piperidine rings is 1. The molecule has 1 atom stereocenters. The second-order valence-electron chi connectivity index (χ2n) is 8.23. The van der Waals surface area contributed by atoms with Crippen LogP contribution >= 0.6 is 11.6 Å². The van der Waals surface area contributed by atoms with Crippen LogP contribution in [0.15, 0.2) is 47.4 Å². The minimum absolute atomic E-state index is 0.0140. The van der Waals surface area contributed by atoms with Gasteiger partial charge in [-0.25, -0.2) is 8.42 Å². The number of carbonyl (C=O) groups excluding carboxylic acids is 1. The molecule has 2 aliphatic heterocycles. The van der Waals surface area contributed by atoms with Crippen molar-refractivity contribution in [3.8, 4) is 0 Å². The summed E-state index contributed by atoms with van der Waals surface area (Å²) in [5.41, 5.74) is 2.00. The van der Waals surface area contributed by atoms with Crippen LogP contribution in [0.25, 0.3) is 0 Å². The lowest BCUT2D eigenvalue weighted by atomic mass is 9.79. The number of rotatable bonds is 3. The summed E-state index contributed by atoms with van der Waals surface area (Å²) in [5.74, 6) is 0.0140. The van der Waals surface area contributed by atoms with Crippen LogP contribution in [0.3, 0.4) is 0 Å². The lowest BCUT2D eigenvalue weighted by molar-refractivity contribution is -0.127. The van der Waals surface area contributed by atoms with Crippen LogP contribution in [0.1, 0.15) is 30.4 Å². The number of sulfonamides is 1. The minimum Gasteiger partial charge on any atom is -0.312 e. The summed E-state index contributed by atoms with van der Waals surface area (Å²) in [7, 11) is -3.64. The van der Waals surface area contributed by atoms with Gasteiger partial charge in [0.2, 0.25) is 15.9 Å². The molecule has 4 rings (SSSR count). The number of amides is 1. The molecule has 154 valence electrons. The number of carbonyl (C=O) groups is 1. The van der Waals surface area contributed by atoms with E-state index in [4.69, 9.17) is 11.6 Å². The Morgan fingerprint density at radius 3 is 2.28 bits per heavy atom. The van der Waals surface area contributed by atoms with Crippen molar-refractivity contribution in [1.29, 1.82) is 0 Å². The molecule has 0 bridgehead atoms. The maximum absolute atomic E-state index is 13.4. The van der Waals surface area contributed by atoms with Gasteiger partial charge in [0.1, 0.15) is 0 Å². The SMILES string of the molecule is Cc1cc(C)cc(S(=O)(=O)N2CCCC3(CCN(c4ccc(Cl)cc4)C3=O)C2)c1. The molecule has 0 saturated carbocycles. The normalized spacial score (nSPS) is 23.1. The fourth-order valence-electron chi connectivity index (χ4n) is 4.59. The molecule has 7 heteroatoms. The van der Waals surface area contributed by atoms with E-state index in [-0.39, 0.29) is 12.5 Å². The van der Waals surface area contributed by atoms with Gasteiger partial charge in [0, 0.05) is 30.3 Å². The average Bonchev–Trinajstić information content (AvgIpc) is 2.98. The quantitative estimate of drug-likeness (QED) is 0.731. The van der Waals surface area contributed by atoms with Gasteiger partial charge in [0.25, 0.3) is 0 Å². The van der Waals surface area contributed by atoms with Crippen LogP contribution in [-0.2, 0) is 14.8 Å². The molecule has 2 fully saturated rings. The third-order valence-electron chi connectivity index (χ3n) is 6.03. The Morgan fingerprint density at radius 1 is 0.966 bits per heavy atom. The van der Waals surface area contributed by atoms with Crippen molar-refractivity contribution in [1.82, 2.24) is 4.31 Å². The van der Waals surface area contributed by atoms with Crippen molar-refractivity contribution in [3.63, 3.8) is 0 Å². The smallest absolute Gasteiger partial charge is 0.243 e. The first-order chi connectivity index (χ1) is 13.7. The molecule has 1 spiro atoms. The zero-order chi connectivity index (χ0) is 20.8. The van der Waals surface area contributed by atoms with Gasteiger partial charge in [-0.05, 0) is 80.6 Å². The van der Waals surface area contributed by atoms with E-state index in [0.717, 1.165) is 23.2 Å². The van der Waals surface area contributed by atoms with Gasteiger partial charge in [-0.1, -0.05) is 17.7 Å². The van der Waals surface area contributed by atoms with Crippen LogP contribution in [0.2, 0.25) is 5.02 Å². The monoisotopic (exact) mass is 432 g/mol. The fourth-order valence-corrected chi connectivity index (χ4v) is 6.47. The molecule has 2 saturated heterocycles. The van der Waals surface area contributed by atoms with Crippen molar-refractivity contribution in [2.75, 3.05) is 24.5 Å². The number of nitrogens with zero attached hydrogens (tertiary/aromatic N) is 2. The molecule has 1 unspecified atom stereocenters. The molecule has 29 heavy (non-hydrogen) atoms. The summed E-state index contributed by atoms with van der Waals surface area (Å²) < 4.78 is 28.1. The summed E-state index contributed by atoms with van der Waals surface area (Å²) in [6.45, 7) is 5.08. The highest BCUT2D eigenvalue weighted by Gasteiger charge is 2.51. The van der Waals surface area contributed by atoms with Gasteiger partial charge in [-0.15, -0.1) is 0 Å². The van der Waals surface area contributed by atoms with Gasteiger partial charge in [-0.2, -0.15) is 4.31 Å². The summed E-state index contributed by atoms with van der Waals surface area (Å²) in [4.78, 5) is 15.4. The molecule has 1 amide bonds. The van der Waals surface area contributed by atoms with E-state index in [9.17, 15) is 13.2 Å². The number of benzene rings is 2. The molecule has 2 aliphatic rings. The third kappa shape index (κ3) is 3.69. The predicted molar refractivity (Wildman–Crippen MR) is 115 cm³/mol. The van der Waals surface area contributed by atoms with Gasteiger partial charge in [-0.3, -0.25) is 4.79 Å². The second kappa shape index (κ2) is 7.42. The molecule has 0 radical (unpaired) electrons. The largest absolute Gasteiger partial charge is 0.312 e. The molecule has 2 aromatic rings. The van der Waals surface area contributed by atoms with E-state index in [1.807, 2.05) is 32.0 Å². The fraction of sp³-hybridized carbons (Fsp3) is 0.409. The first-order valence-corrected chi connectivity index (χ1v) is 11.7.